The molecule has 1 rings (SSSR count). The molecule has 1 heterocycles. The summed E-state index contributed by atoms with van der Waals surface area (Å²) in [6, 6.07) is 0. The van der Waals surface area contributed by atoms with E-state index in [9.17, 15) is 9.59 Å². The molecule has 0 aliphatic carbocycles. The molecule has 0 fully saturated rings. The molecular weight excluding hydrogens is 144 g/mol. The molecule has 0 spiro atoms. The lowest BCUT2D eigenvalue weighted by Crippen LogP contribution is -2.41. The van der Waals surface area contributed by atoms with Crippen LogP contribution in [0.4, 0.5) is 0 Å². The number of ketones is 1. The molecule has 1 aliphatic rings. The van der Waals surface area contributed by atoms with Crippen molar-refractivity contribution in [3.63, 3.8) is 0 Å². The Bertz CT molecular complexity index is 237. The summed E-state index contributed by atoms with van der Waals surface area (Å²) in [6.07, 6.45) is 1.05. The molecule has 0 N–H and O–H groups in total. The zero-order valence-electron chi connectivity index (χ0n) is 6.79. The zero-order chi connectivity index (χ0) is 8.65. The summed E-state index contributed by atoms with van der Waals surface area (Å²) in [5, 5.41) is 4.87. The molecule has 0 radical (unpaired) electrons. The molecular formula is C7H10N2O2. The van der Waals surface area contributed by atoms with Gasteiger partial charge in [0.15, 0.2) is 0 Å². The first-order valence-corrected chi connectivity index (χ1v) is 3.35. The predicted octanol–water partition coefficient (Wildman–Crippen LogP) is 0.182. The summed E-state index contributed by atoms with van der Waals surface area (Å²) in [7, 11) is 0. The highest BCUT2D eigenvalue weighted by atomic mass is 16.2. The molecule has 4 heteroatoms. The lowest BCUT2D eigenvalue weighted by molar-refractivity contribution is -0.142. The topological polar surface area (TPSA) is 49.7 Å². The van der Waals surface area contributed by atoms with Gasteiger partial charge in [-0.15, -0.1) is 0 Å². The number of nitrogens with zero attached hydrogens (tertiary/aromatic N) is 2. The zero-order valence-corrected chi connectivity index (χ0v) is 6.79. The van der Waals surface area contributed by atoms with E-state index in [0.29, 0.717) is 0 Å². The number of amides is 1. The van der Waals surface area contributed by atoms with Crippen LogP contribution in [0.2, 0.25) is 0 Å². The fraction of sp³-hybridized carbons (Fsp3) is 0.571. The van der Waals surface area contributed by atoms with Crippen LogP contribution in [-0.4, -0.2) is 28.5 Å². The maximum Gasteiger partial charge on any atom is 0.316 e. The van der Waals surface area contributed by atoms with Gasteiger partial charge < -0.3 is 0 Å². The summed E-state index contributed by atoms with van der Waals surface area (Å²) in [5.74, 6) is -1.09. The van der Waals surface area contributed by atoms with Crippen LogP contribution in [0.1, 0.15) is 20.8 Å². The average molecular weight is 154 g/mol. The van der Waals surface area contributed by atoms with E-state index in [0.717, 1.165) is 6.21 Å². The second kappa shape index (κ2) is 2.15. The fourth-order valence-electron chi connectivity index (χ4n) is 0.800. The minimum atomic E-state index is -0.544. The minimum Gasteiger partial charge on any atom is -0.282 e. The van der Waals surface area contributed by atoms with Crippen molar-refractivity contribution in [2.75, 3.05) is 0 Å². The summed E-state index contributed by atoms with van der Waals surface area (Å²) in [6.45, 7) is 5.46. The summed E-state index contributed by atoms with van der Waals surface area (Å²) >= 11 is 0. The van der Waals surface area contributed by atoms with Gasteiger partial charge in [-0.3, -0.25) is 9.59 Å². The van der Waals surface area contributed by atoms with E-state index in [-0.39, 0.29) is 0 Å². The van der Waals surface area contributed by atoms with E-state index in [4.69, 9.17) is 0 Å². The van der Waals surface area contributed by atoms with E-state index >= 15 is 0 Å². The average Bonchev–Trinajstić information content (AvgIpc) is 2.11. The van der Waals surface area contributed by atoms with Crippen molar-refractivity contribution in [3.8, 4) is 0 Å². The number of carbonyl (C=O) groups excluding carboxylic acids is 2. The van der Waals surface area contributed by atoms with Crippen LogP contribution in [0.5, 0.6) is 0 Å². The molecule has 4 nitrogen and oxygen atoms in total. The van der Waals surface area contributed by atoms with Gasteiger partial charge >= 0.3 is 5.91 Å². The van der Waals surface area contributed by atoms with Crippen LogP contribution in [-0.2, 0) is 9.59 Å². The molecule has 0 saturated carbocycles. The van der Waals surface area contributed by atoms with Gasteiger partial charge in [-0.05, 0) is 20.8 Å². The maximum atomic E-state index is 11.0. The summed E-state index contributed by atoms with van der Waals surface area (Å²) in [4.78, 5) is 21.7. The predicted molar refractivity (Wildman–Crippen MR) is 40.1 cm³/mol. The Kier molecular flexibility index (Phi) is 1.55. The van der Waals surface area contributed by atoms with E-state index in [2.05, 4.69) is 5.10 Å². The fourth-order valence-corrected chi connectivity index (χ4v) is 0.800. The van der Waals surface area contributed by atoms with Crippen molar-refractivity contribution in [2.24, 2.45) is 5.10 Å². The van der Waals surface area contributed by atoms with E-state index in [1.807, 2.05) is 20.8 Å². The first-order chi connectivity index (χ1) is 4.93. The van der Waals surface area contributed by atoms with Gasteiger partial charge in [-0.1, -0.05) is 0 Å². The van der Waals surface area contributed by atoms with Crippen LogP contribution in [0.3, 0.4) is 0 Å². The van der Waals surface area contributed by atoms with Crippen LogP contribution in [0.15, 0.2) is 5.10 Å². The molecule has 0 aromatic heterocycles. The van der Waals surface area contributed by atoms with Crippen molar-refractivity contribution in [2.45, 2.75) is 26.3 Å². The Morgan fingerprint density at radius 3 is 2.09 bits per heavy atom. The van der Waals surface area contributed by atoms with Crippen molar-refractivity contribution in [1.82, 2.24) is 5.01 Å². The van der Waals surface area contributed by atoms with Crippen LogP contribution in [0, 0.1) is 0 Å². The number of hydrazone groups is 1. The Morgan fingerprint density at radius 1 is 1.36 bits per heavy atom. The van der Waals surface area contributed by atoms with E-state index in [1.165, 1.54) is 5.01 Å². The molecule has 0 atom stereocenters. The second-order valence-corrected chi connectivity index (χ2v) is 3.40. The third-order valence-electron chi connectivity index (χ3n) is 1.33. The Balaban J connectivity index is 2.87. The van der Waals surface area contributed by atoms with Gasteiger partial charge in [0.1, 0.15) is 6.21 Å². The van der Waals surface area contributed by atoms with Crippen molar-refractivity contribution >= 4 is 17.9 Å². The van der Waals surface area contributed by atoms with Crippen molar-refractivity contribution in [3.05, 3.63) is 0 Å². The summed E-state index contributed by atoms with van der Waals surface area (Å²) in [5.41, 5.74) is -0.403. The Hall–Kier alpha value is -1.19. The Morgan fingerprint density at radius 2 is 1.91 bits per heavy atom. The first kappa shape index (κ1) is 7.91. The van der Waals surface area contributed by atoms with Gasteiger partial charge in [-0.25, -0.2) is 5.01 Å². The van der Waals surface area contributed by atoms with E-state index in [1.54, 1.807) is 0 Å². The number of hydrogen-bond acceptors (Lipinski definition) is 3. The highest BCUT2D eigenvalue weighted by molar-refractivity contribution is 6.60. The Labute approximate surface area is 64.9 Å². The lowest BCUT2D eigenvalue weighted by atomic mass is 10.1. The number of hydrogen-bond donors (Lipinski definition) is 0. The van der Waals surface area contributed by atoms with Crippen molar-refractivity contribution in [1.29, 1.82) is 0 Å². The molecule has 0 saturated heterocycles. The van der Waals surface area contributed by atoms with Gasteiger partial charge in [0.2, 0.25) is 0 Å². The van der Waals surface area contributed by atoms with Gasteiger partial charge in [0.25, 0.3) is 5.78 Å². The van der Waals surface area contributed by atoms with Gasteiger partial charge in [0.05, 0.1) is 5.54 Å². The van der Waals surface area contributed by atoms with E-state index < -0.39 is 17.2 Å². The van der Waals surface area contributed by atoms with Crippen LogP contribution in [0.25, 0.3) is 0 Å². The normalized spacial score (nSPS) is 18.3. The first-order valence-electron chi connectivity index (χ1n) is 3.35. The third-order valence-corrected chi connectivity index (χ3v) is 1.33. The van der Waals surface area contributed by atoms with Crippen LogP contribution < -0.4 is 0 Å². The molecule has 1 aliphatic heterocycles. The standard InChI is InChI=1S/C7H10N2O2/c1-7(2,3)9-6(11)5(10)4-8-9/h4H,1-3H3. The highest BCUT2D eigenvalue weighted by Crippen LogP contribution is 2.16. The molecule has 0 bridgehead atoms. The number of carbonyl (C=O) groups is 2. The lowest BCUT2D eigenvalue weighted by Gasteiger charge is -2.26. The SMILES string of the molecule is CC(C)(C)N1N=CC(=O)C1=O. The minimum absolute atomic E-state index is 0.403. The molecule has 0 aromatic rings. The maximum absolute atomic E-state index is 11.0. The second-order valence-electron chi connectivity index (χ2n) is 3.40. The molecule has 11 heavy (non-hydrogen) atoms. The van der Waals surface area contributed by atoms with Crippen molar-refractivity contribution < 1.29 is 9.59 Å². The monoisotopic (exact) mass is 154 g/mol. The molecule has 0 unspecified atom stereocenters. The number of rotatable bonds is 0. The smallest absolute Gasteiger partial charge is 0.282 e. The molecule has 0 aromatic carbocycles. The molecule has 1 amide bonds. The quantitative estimate of drug-likeness (QED) is 0.467. The van der Waals surface area contributed by atoms with Crippen LogP contribution >= 0.6 is 0 Å². The number of Topliss-reactive ketones (excluding diaryl/α,β-unsaturated/α-hetero) is 1. The highest BCUT2D eigenvalue weighted by Gasteiger charge is 2.34. The van der Waals surface area contributed by atoms with Gasteiger partial charge in [-0.2, -0.15) is 5.10 Å². The molecule has 60 valence electrons. The largest absolute Gasteiger partial charge is 0.316 e. The summed E-state index contributed by atoms with van der Waals surface area (Å²) < 4.78 is 0. The van der Waals surface area contributed by atoms with Gasteiger partial charge in [0, 0.05) is 0 Å². The third kappa shape index (κ3) is 1.29.